The van der Waals surface area contributed by atoms with E-state index in [0.717, 1.165) is 11.1 Å². The van der Waals surface area contributed by atoms with Gasteiger partial charge in [-0.15, -0.1) is 0 Å². The minimum atomic E-state index is -0.608. The summed E-state index contributed by atoms with van der Waals surface area (Å²) in [6.07, 6.45) is 2.51. The number of rotatable bonds is 3. The van der Waals surface area contributed by atoms with Crippen molar-refractivity contribution >= 4 is 0 Å². The number of oxazole rings is 1. The Bertz CT molecular complexity index is 409. The van der Waals surface area contributed by atoms with E-state index in [1.165, 1.54) is 6.26 Å². The van der Waals surface area contributed by atoms with Crippen LogP contribution in [-0.2, 0) is 0 Å². The molecule has 0 radical (unpaired) electrons. The number of hydrogen-bond acceptors (Lipinski definition) is 4. The second-order valence-corrected chi connectivity index (χ2v) is 3.21. The van der Waals surface area contributed by atoms with Gasteiger partial charge in [0, 0.05) is 12.1 Å². The van der Waals surface area contributed by atoms with Crippen LogP contribution in [0.25, 0.3) is 11.5 Å². The highest BCUT2D eigenvalue weighted by Gasteiger charge is 2.06. The van der Waals surface area contributed by atoms with Gasteiger partial charge in [0.25, 0.3) is 0 Å². The van der Waals surface area contributed by atoms with Crippen molar-refractivity contribution in [1.29, 1.82) is 0 Å². The Morgan fingerprint density at radius 2 is 2.07 bits per heavy atom. The molecular formula is C11H12N2O2. The zero-order chi connectivity index (χ0) is 10.7. The Morgan fingerprint density at radius 3 is 2.60 bits per heavy atom. The molecule has 0 aliphatic carbocycles. The second kappa shape index (κ2) is 4.25. The van der Waals surface area contributed by atoms with Crippen LogP contribution in [0.2, 0.25) is 0 Å². The summed E-state index contributed by atoms with van der Waals surface area (Å²) in [7, 11) is 0. The standard InChI is InChI=1S/C11H12N2O2/c12-7-10(14)8-1-3-9(4-2-8)11-13-5-6-15-11/h1-6,10,14H,7,12H2. The van der Waals surface area contributed by atoms with E-state index in [9.17, 15) is 5.11 Å². The number of aromatic nitrogens is 1. The maximum Gasteiger partial charge on any atom is 0.225 e. The molecule has 0 aliphatic heterocycles. The van der Waals surface area contributed by atoms with E-state index in [0.29, 0.717) is 5.89 Å². The first-order valence-electron chi connectivity index (χ1n) is 4.69. The van der Waals surface area contributed by atoms with E-state index < -0.39 is 6.10 Å². The molecule has 0 amide bonds. The molecule has 0 saturated carbocycles. The van der Waals surface area contributed by atoms with Crippen molar-refractivity contribution in [2.24, 2.45) is 5.73 Å². The lowest BCUT2D eigenvalue weighted by atomic mass is 10.1. The zero-order valence-electron chi connectivity index (χ0n) is 8.13. The van der Waals surface area contributed by atoms with Gasteiger partial charge in [0.1, 0.15) is 6.26 Å². The fraction of sp³-hybridized carbons (Fsp3) is 0.182. The van der Waals surface area contributed by atoms with Crippen molar-refractivity contribution in [1.82, 2.24) is 4.98 Å². The smallest absolute Gasteiger partial charge is 0.225 e. The van der Waals surface area contributed by atoms with E-state index in [1.54, 1.807) is 6.20 Å². The monoisotopic (exact) mass is 204 g/mol. The molecule has 1 unspecified atom stereocenters. The lowest BCUT2D eigenvalue weighted by Crippen LogP contribution is -2.11. The molecule has 4 nitrogen and oxygen atoms in total. The van der Waals surface area contributed by atoms with E-state index >= 15 is 0 Å². The topological polar surface area (TPSA) is 72.3 Å². The average molecular weight is 204 g/mol. The Kier molecular flexibility index (Phi) is 2.80. The third kappa shape index (κ3) is 2.06. The van der Waals surface area contributed by atoms with Gasteiger partial charge in [-0.2, -0.15) is 0 Å². The van der Waals surface area contributed by atoms with Gasteiger partial charge in [-0.1, -0.05) is 12.1 Å². The summed E-state index contributed by atoms with van der Waals surface area (Å²) in [5.74, 6) is 0.573. The van der Waals surface area contributed by atoms with Crippen LogP contribution in [-0.4, -0.2) is 16.6 Å². The molecule has 1 heterocycles. The van der Waals surface area contributed by atoms with E-state index in [-0.39, 0.29) is 6.54 Å². The molecule has 3 N–H and O–H groups in total. The maximum atomic E-state index is 9.49. The fourth-order valence-electron chi connectivity index (χ4n) is 1.35. The largest absolute Gasteiger partial charge is 0.445 e. The quantitative estimate of drug-likeness (QED) is 0.791. The highest BCUT2D eigenvalue weighted by Crippen LogP contribution is 2.19. The van der Waals surface area contributed by atoms with Crippen LogP contribution in [0.15, 0.2) is 41.1 Å². The molecule has 1 aromatic heterocycles. The molecule has 78 valence electrons. The predicted octanol–water partition coefficient (Wildman–Crippen LogP) is 1.33. The molecule has 1 aromatic carbocycles. The predicted molar refractivity (Wildman–Crippen MR) is 56.0 cm³/mol. The van der Waals surface area contributed by atoms with Crippen molar-refractivity contribution in [2.45, 2.75) is 6.10 Å². The number of nitrogens with two attached hydrogens (primary N) is 1. The molecule has 2 aromatic rings. The fourth-order valence-corrected chi connectivity index (χ4v) is 1.35. The van der Waals surface area contributed by atoms with E-state index in [4.69, 9.17) is 10.2 Å². The van der Waals surface area contributed by atoms with Crippen molar-refractivity contribution < 1.29 is 9.52 Å². The number of benzene rings is 1. The Hall–Kier alpha value is -1.65. The number of hydrogen-bond donors (Lipinski definition) is 2. The third-order valence-electron chi connectivity index (χ3n) is 2.20. The van der Waals surface area contributed by atoms with Crippen LogP contribution in [0.4, 0.5) is 0 Å². The van der Waals surface area contributed by atoms with Crippen molar-refractivity contribution in [3.05, 3.63) is 42.3 Å². The van der Waals surface area contributed by atoms with Crippen LogP contribution in [0.1, 0.15) is 11.7 Å². The first-order valence-corrected chi connectivity index (χ1v) is 4.69. The Labute approximate surface area is 87.4 Å². The van der Waals surface area contributed by atoms with Gasteiger partial charge in [-0.05, 0) is 17.7 Å². The molecule has 15 heavy (non-hydrogen) atoms. The first kappa shape index (κ1) is 9.89. The number of aliphatic hydroxyl groups excluding tert-OH is 1. The highest BCUT2D eigenvalue weighted by molar-refractivity contribution is 5.53. The highest BCUT2D eigenvalue weighted by atomic mass is 16.3. The molecule has 2 rings (SSSR count). The van der Waals surface area contributed by atoms with Crippen LogP contribution in [0, 0.1) is 0 Å². The molecule has 0 fully saturated rings. The minimum absolute atomic E-state index is 0.221. The van der Waals surface area contributed by atoms with Gasteiger partial charge in [0.15, 0.2) is 0 Å². The van der Waals surface area contributed by atoms with Crippen LogP contribution >= 0.6 is 0 Å². The summed E-state index contributed by atoms with van der Waals surface area (Å²) in [6, 6.07) is 7.33. The maximum absolute atomic E-state index is 9.49. The molecule has 0 aliphatic rings. The molecule has 1 atom stereocenters. The summed E-state index contributed by atoms with van der Waals surface area (Å²) in [4.78, 5) is 4.03. The lowest BCUT2D eigenvalue weighted by molar-refractivity contribution is 0.187. The number of aliphatic hydroxyl groups is 1. The van der Waals surface area contributed by atoms with Crippen LogP contribution in [0.3, 0.4) is 0 Å². The van der Waals surface area contributed by atoms with Gasteiger partial charge in [0.05, 0.1) is 12.3 Å². The van der Waals surface area contributed by atoms with Gasteiger partial charge in [0.2, 0.25) is 5.89 Å². The van der Waals surface area contributed by atoms with Crippen molar-refractivity contribution in [2.75, 3.05) is 6.54 Å². The van der Waals surface area contributed by atoms with Gasteiger partial charge in [-0.3, -0.25) is 0 Å². The molecule has 0 bridgehead atoms. The van der Waals surface area contributed by atoms with Gasteiger partial charge >= 0.3 is 0 Å². The summed E-state index contributed by atoms with van der Waals surface area (Å²) < 4.78 is 5.15. The van der Waals surface area contributed by atoms with Crippen LogP contribution in [0.5, 0.6) is 0 Å². The summed E-state index contributed by atoms with van der Waals surface area (Å²) >= 11 is 0. The molecule has 4 heteroatoms. The Balaban J connectivity index is 2.25. The Morgan fingerprint density at radius 1 is 1.33 bits per heavy atom. The van der Waals surface area contributed by atoms with Gasteiger partial charge in [-0.25, -0.2) is 4.98 Å². The normalized spacial score (nSPS) is 12.7. The lowest BCUT2D eigenvalue weighted by Gasteiger charge is -2.07. The third-order valence-corrected chi connectivity index (χ3v) is 2.20. The van der Waals surface area contributed by atoms with E-state index in [2.05, 4.69) is 4.98 Å². The summed E-state index contributed by atoms with van der Waals surface area (Å²) in [6.45, 7) is 0.221. The second-order valence-electron chi connectivity index (χ2n) is 3.21. The average Bonchev–Trinajstić information content (AvgIpc) is 2.82. The van der Waals surface area contributed by atoms with Crippen LogP contribution < -0.4 is 5.73 Å². The first-order chi connectivity index (χ1) is 7.31. The minimum Gasteiger partial charge on any atom is -0.445 e. The molecule has 0 spiro atoms. The van der Waals surface area contributed by atoms with Crippen molar-refractivity contribution in [3.63, 3.8) is 0 Å². The SMILES string of the molecule is NCC(O)c1ccc(-c2ncco2)cc1. The summed E-state index contributed by atoms with van der Waals surface area (Å²) in [5, 5.41) is 9.49. The summed E-state index contributed by atoms with van der Waals surface area (Å²) in [5.41, 5.74) is 7.04. The number of nitrogens with zero attached hydrogens (tertiary/aromatic N) is 1. The van der Waals surface area contributed by atoms with E-state index in [1.807, 2.05) is 24.3 Å². The van der Waals surface area contributed by atoms with Crippen molar-refractivity contribution in [3.8, 4) is 11.5 Å². The molecular weight excluding hydrogens is 192 g/mol. The molecule has 0 saturated heterocycles. The zero-order valence-corrected chi connectivity index (χ0v) is 8.13. The van der Waals surface area contributed by atoms with Gasteiger partial charge < -0.3 is 15.3 Å².